The van der Waals surface area contributed by atoms with Crippen LogP contribution in [0.4, 0.5) is 0 Å². The Morgan fingerprint density at radius 1 is 1.16 bits per heavy atom. The van der Waals surface area contributed by atoms with Gasteiger partial charge in [0.05, 0.1) is 30.0 Å². The highest BCUT2D eigenvalue weighted by Gasteiger charge is 2.22. The Bertz CT molecular complexity index is 1300. The van der Waals surface area contributed by atoms with Gasteiger partial charge in [-0.05, 0) is 42.6 Å². The van der Waals surface area contributed by atoms with E-state index in [1.54, 1.807) is 24.7 Å². The Morgan fingerprint density at radius 3 is 2.88 bits per heavy atom. The van der Waals surface area contributed by atoms with Gasteiger partial charge < -0.3 is 13.7 Å². The first-order valence-corrected chi connectivity index (χ1v) is 11.6. The van der Waals surface area contributed by atoms with Crippen molar-refractivity contribution in [2.75, 3.05) is 7.11 Å². The van der Waals surface area contributed by atoms with Crippen molar-refractivity contribution in [1.29, 1.82) is 0 Å². The molecule has 10 heteroatoms. The van der Waals surface area contributed by atoms with Gasteiger partial charge in [0.1, 0.15) is 11.5 Å². The average Bonchev–Trinajstić information content (AvgIpc) is 3.62. The number of nitrogens with zero attached hydrogens (tertiary/aromatic N) is 5. The maximum absolute atomic E-state index is 5.58. The Morgan fingerprint density at radius 2 is 2.09 bits per heavy atom. The first-order valence-electron chi connectivity index (χ1n) is 9.85. The summed E-state index contributed by atoms with van der Waals surface area (Å²) in [4.78, 5) is 5.53. The fraction of sp³-hybridized carbons (Fsp3) is 0.182. The lowest BCUT2D eigenvalue weighted by molar-refractivity contribution is 0.380. The predicted octanol–water partition coefficient (Wildman–Crippen LogP) is 5.56. The lowest BCUT2D eigenvalue weighted by Gasteiger charge is -2.11. The minimum Gasteiger partial charge on any atom is -0.497 e. The van der Waals surface area contributed by atoms with E-state index in [0.29, 0.717) is 18.3 Å². The maximum Gasteiger partial charge on any atom is 0.240 e. The van der Waals surface area contributed by atoms with Crippen LogP contribution in [0, 0.1) is 0 Å². The number of thioether (sulfide) groups is 1. The molecule has 0 N–H and O–H groups in total. The number of furan rings is 1. The molecule has 8 nitrogen and oxygen atoms in total. The molecule has 1 aromatic carbocycles. The van der Waals surface area contributed by atoms with Gasteiger partial charge in [-0.15, -0.1) is 21.5 Å². The monoisotopic (exact) mass is 465 g/mol. The van der Waals surface area contributed by atoms with Gasteiger partial charge in [0.2, 0.25) is 11.7 Å². The van der Waals surface area contributed by atoms with Gasteiger partial charge in [0, 0.05) is 5.56 Å². The molecule has 0 bridgehead atoms. The summed E-state index contributed by atoms with van der Waals surface area (Å²) in [7, 11) is 1.64. The molecule has 32 heavy (non-hydrogen) atoms. The van der Waals surface area contributed by atoms with Crippen LogP contribution in [-0.4, -0.2) is 32.0 Å². The van der Waals surface area contributed by atoms with E-state index in [9.17, 15) is 0 Å². The summed E-state index contributed by atoms with van der Waals surface area (Å²) in [5.74, 6) is 3.41. The number of ether oxygens (including phenoxy) is 1. The van der Waals surface area contributed by atoms with Crippen LogP contribution in [0.25, 0.3) is 22.1 Å². The summed E-state index contributed by atoms with van der Waals surface area (Å²) in [6, 6.07) is 15.5. The summed E-state index contributed by atoms with van der Waals surface area (Å²) >= 11 is 3.08. The molecule has 1 atom stereocenters. The van der Waals surface area contributed by atoms with Gasteiger partial charge in [0.25, 0.3) is 0 Å². The van der Waals surface area contributed by atoms with Crippen molar-refractivity contribution in [1.82, 2.24) is 24.9 Å². The van der Waals surface area contributed by atoms with Gasteiger partial charge in [-0.2, -0.15) is 4.98 Å². The number of rotatable bonds is 8. The molecule has 0 aliphatic heterocycles. The SMILES string of the molecule is COc1cccc(-c2nnc(SC(C)c3nc(-c4cccs4)no3)n2Cc2ccco2)c1. The van der Waals surface area contributed by atoms with E-state index >= 15 is 0 Å². The van der Waals surface area contributed by atoms with Crippen molar-refractivity contribution in [2.45, 2.75) is 23.9 Å². The second-order valence-corrected chi connectivity index (χ2v) is 9.15. The van der Waals surface area contributed by atoms with Gasteiger partial charge in [-0.3, -0.25) is 4.57 Å². The molecule has 0 radical (unpaired) electrons. The molecule has 0 fully saturated rings. The molecule has 0 spiro atoms. The summed E-state index contributed by atoms with van der Waals surface area (Å²) in [6.07, 6.45) is 1.66. The Balaban J connectivity index is 1.46. The highest BCUT2D eigenvalue weighted by molar-refractivity contribution is 7.99. The predicted molar refractivity (Wildman–Crippen MR) is 122 cm³/mol. The first kappa shape index (κ1) is 20.5. The quantitative estimate of drug-likeness (QED) is 0.275. The number of aromatic nitrogens is 5. The topological polar surface area (TPSA) is 92.0 Å². The highest BCUT2D eigenvalue weighted by atomic mass is 32.2. The van der Waals surface area contributed by atoms with Crippen LogP contribution >= 0.6 is 23.1 Å². The molecule has 1 unspecified atom stereocenters. The van der Waals surface area contributed by atoms with Crippen molar-refractivity contribution >= 4 is 23.1 Å². The van der Waals surface area contributed by atoms with Crippen LogP contribution in [0.2, 0.25) is 0 Å². The standard InChI is InChI=1S/C22H19N5O3S2/c1-14(21-23-19(26-30-21)18-9-5-11-31-18)32-22-25-24-20(15-6-3-7-16(12-15)28-2)27(22)13-17-8-4-10-29-17/h3-12,14H,13H2,1-2H3. The Hall–Kier alpha value is -3.37. The molecule has 0 saturated heterocycles. The zero-order chi connectivity index (χ0) is 21.9. The third-order valence-electron chi connectivity index (χ3n) is 4.75. The second kappa shape index (κ2) is 9.01. The minimum absolute atomic E-state index is 0.117. The molecule has 162 valence electrons. The first-order chi connectivity index (χ1) is 15.7. The van der Waals surface area contributed by atoms with Crippen LogP contribution in [0.5, 0.6) is 5.75 Å². The minimum atomic E-state index is -0.117. The third kappa shape index (κ3) is 4.19. The normalized spacial score (nSPS) is 12.2. The fourth-order valence-corrected chi connectivity index (χ4v) is 4.70. The lowest BCUT2D eigenvalue weighted by atomic mass is 10.2. The van der Waals surface area contributed by atoms with E-state index < -0.39 is 0 Å². The molecule has 4 heterocycles. The average molecular weight is 466 g/mol. The number of thiophene rings is 1. The molecule has 0 saturated carbocycles. The lowest BCUT2D eigenvalue weighted by Crippen LogP contribution is -2.04. The van der Waals surface area contributed by atoms with Crippen LogP contribution in [0.15, 0.2) is 74.3 Å². The zero-order valence-corrected chi connectivity index (χ0v) is 19.0. The number of hydrogen-bond donors (Lipinski definition) is 0. The molecule has 5 aromatic rings. The highest BCUT2D eigenvalue weighted by Crippen LogP contribution is 2.36. The van der Waals surface area contributed by atoms with Gasteiger partial charge in [-0.25, -0.2) is 0 Å². The summed E-state index contributed by atoms with van der Waals surface area (Å²) < 4.78 is 18.5. The largest absolute Gasteiger partial charge is 0.497 e. The molecule has 0 amide bonds. The summed E-state index contributed by atoms with van der Waals surface area (Å²) in [6.45, 7) is 2.50. The number of methoxy groups -OCH3 is 1. The molecule has 4 aromatic heterocycles. The molecule has 0 aliphatic rings. The third-order valence-corrected chi connectivity index (χ3v) is 6.69. The Labute approximate surface area is 192 Å². The summed E-state index contributed by atoms with van der Waals surface area (Å²) in [5, 5.41) is 15.6. The van der Waals surface area contributed by atoms with Gasteiger partial charge in [0.15, 0.2) is 11.0 Å². The van der Waals surface area contributed by atoms with Crippen LogP contribution in [0.1, 0.15) is 23.8 Å². The van der Waals surface area contributed by atoms with Crippen LogP contribution < -0.4 is 4.74 Å². The Kier molecular flexibility index (Phi) is 5.78. The fourth-order valence-electron chi connectivity index (χ4n) is 3.17. The molecular weight excluding hydrogens is 446 g/mol. The van der Waals surface area contributed by atoms with E-state index in [2.05, 4.69) is 20.3 Å². The van der Waals surface area contributed by atoms with Gasteiger partial charge >= 0.3 is 0 Å². The number of benzene rings is 1. The van der Waals surface area contributed by atoms with E-state index in [4.69, 9.17) is 13.7 Å². The van der Waals surface area contributed by atoms with Crippen molar-refractivity contribution in [2.24, 2.45) is 0 Å². The van der Waals surface area contributed by atoms with Crippen LogP contribution in [-0.2, 0) is 6.54 Å². The van der Waals surface area contributed by atoms with Crippen molar-refractivity contribution < 1.29 is 13.7 Å². The van der Waals surface area contributed by atoms with Gasteiger partial charge in [-0.1, -0.05) is 35.1 Å². The smallest absolute Gasteiger partial charge is 0.240 e. The van der Waals surface area contributed by atoms with E-state index in [0.717, 1.165) is 32.9 Å². The van der Waals surface area contributed by atoms with Crippen molar-refractivity contribution in [3.8, 4) is 27.8 Å². The zero-order valence-electron chi connectivity index (χ0n) is 17.3. The van der Waals surface area contributed by atoms with Crippen molar-refractivity contribution in [3.05, 3.63) is 71.8 Å². The molecular formula is C22H19N5O3S2. The van der Waals surface area contributed by atoms with E-state index in [1.165, 1.54) is 11.8 Å². The van der Waals surface area contributed by atoms with E-state index in [-0.39, 0.29) is 5.25 Å². The number of hydrogen-bond acceptors (Lipinski definition) is 9. The van der Waals surface area contributed by atoms with Crippen LogP contribution in [0.3, 0.4) is 0 Å². The molecule has 5 rings (SSSR count). The second-order valence-electron chi connectivity index (χ2n) is 6.90. The van der Waals surface area contributed by atoms with Crippen molar-refractivity contribution in [3.63, 3.8) is 0 Å². The van der Waals surface area contributed by atoms with E-state index in [1.807, 2.05) is 65.4 Å². The summed E-state index contributed by atoms with van der Waals surface area (Å²) in [5.41, 5.74) is 0.903. The molecule has 0 aliphatic carbocycles. The maximum atomic E-state index is 5.58.